The maximum Gasteiger partial charge on any atom is 0.209 e. The van der Waals surface area contributed by atoms with Crippen molar-refractivity contribution in [2.24, 2.45) is 11.8 Å². The molecular formula is C28H26FNO7. The molecule has 192 valence electrons. The van der Waals surface area contributed by atoms with E-state index in [1.54, 1.807) is 38.4 Å². The van der Waals surface area contributed by atoms with Gasteiger partial charge in [-0.15, -0.1) is 0 Å². The van der Waals surface area contributed by atoms with E-state index in [9.17, 15) is 39.2 Å². The maximum absolute atomic E-state index is 13.8. The lowest BCUT2D eigenvalue weighted by molar-refractivity contribution is -0.148. The Balaban J connectivity index is 1.82. The molecular weight excluding hydrogens is 481 g/mol. The van der Waals surface area contributed by atoms with Gasteiger partial charge in [-0.2, -0.15) is 0 Å². The molecule has 2 aromatic carbocycles. The van der Waals surface area contributed by atoms with Crippen LogP contribution < -0.4 is 0 Å². The lowest BCUT2D eigenvalue weighted by Crippen LogP contribution is -2.63. The molecule has 5 atom stereocenters. The van der Waals surface area contributed by atoms with Crippen molar-refractivity contribution in [3.63, 3.8) is 0 Å². The Bertz CT molecular complexity index is 1420. The number of Topliss-reactive ketones (excluding diaryl/α,β-unsaturated/α-hetero) is 3. The maximum atomic E-state index is 13.8. The third-order valence-corrected chi connectivity index (χ3v) is 7.94. The third-order valence-electron chi connectivity index (χ3n) is 7.94. The Morgan fingerprint density at radius 2 is 1.70 bits per heavy atom. The highest BCUT2D eigenvalue weighted by Gasteiger charge is 2.64. The summed E-state index contributed by atoms with van der Waals surface area (Å²) in [4.78, 5) is 41.1. The minimum absolute atomic E-state index is 0.0391. The summed E-state index contributed by atoms with van der Waals surface area (Å²) in [7, 11) is 3.20. The molecule has 37 heavy (non-hydrogen) atoms. The van der Waals surface area contributed by atoms with Gasteiger partial charge in [0.05, 0.1) is 11.6 Å². The first kappa shape index (κ1) is 24.9. The number of carbonyl (C=O) groups is 3. The molecule has 5 rings (SSSR count). The normalized spacial score (nSPS) is 29.2. The number of nitrogens with zero attached hydrogens (tertiary/aromatic N) is 1. The average molecular weight is 508 g/mol. The summed E-state index contributed by atoms with van der Waals surface area (Å²) in [6, 6.07) is 9.13. The van der Waals surface area contributed by atoms with E-state index in [1.165, 1.54) is 23.1 Å². The second-order valence-electron chi connectivity index (χ2n) is 10.1. The molecule has 8 nitrogen and oxygen atoms in total. The summed E-state index contributed by atoms with van der Waals surface area (Å²) < 4.78 is 13.8. The van der Waals surface area contributed by atoms with Crippen LogP contribution in [0.25, 0.3) is 0 Å². The molecule has 0 spiro atoms. The number of benzene rings is 2. The van der Waals surface area contributed by atoms with Crippen molar-refractivity contribution in [3.05, 3.63) is 87.6 Å². The molecule has 0 heterocycles. The molecule has 0 fully saturated rings. The first-order valence-corrected chi connectivity index (χ1v) is 11.8. The van der Waals surface area contributed by atoms with Crippen molar-refractivity contribution in [2.45, 2.75) is 30.9 Å². The van der Waals surface area contributed by atoms with E-state index in [2.05, 4.69) is 0 Å². The van der Waals surface area contributed by atoms with E-state index in [0.717, 1.165) is 6.92 Å². The molecule has 3 aliphatic rings. The number of hydrogen-bond acceptors (Lipinski definition) is 8. The summed E-state index contributed by atoms with van der Waals surface area (Å²) in [6.07, 6.45) is -0.0391. The average Bonchev–Trinajstić information content (AvgIpc) is 2.82. The minimum Gasteiger partial charge on any atom is -0.510 e. The summed E-state index contributed by atoms with van der Waals surface area (Å²) in [6.45, 7) is 1.07. The molecule has 0 saturated heterocycles. The van der Waals surface area contributed by atoms with Crippen LogP contribution in [0.4, 0.5) is 4.39 Å². The zero-order chi connectivity index (χ0) is 27.0. The quantitative estimate of drug-likeness (QED) is 0.466. The molecule has 9 heteroatoms. The highest BCUT2D eigenvalue weighted by Crippen LogP contribution is 2.56. The van der Waals surface area contributed by atoms with Gasteiger partial charge in [-0.25, -0.2) is 4.39 Å². The van der Waals surface area contributed by atoms with Gasteiger partial charge in [0.2, 0.25) is 5.78 Å². The Kier molecular flexibility index (Phi) is 5.61. The van der Waals surface area contributed by atoms with Crippen LogP contribution in [0.15, 0.2) is 65.1 Å². The number of likely N-dealkylation sites (N-methyl/N-ethyl adjacent to an activating group) is 1. The second kappa shape index (κ2) is 8.36. The largest absolute Gasteiger partial charge is 0.510 e. The number of allylic oxidation sites excluding steroid dienone is 1. The van der Waals surface area contributed by atoms with Gasteiger partial charge in [0, 0.05) is 23.3 Å². The fourth-order valence-corrected chi connectivity index (χ4v) is 6.42. The first-order chi connectivity index (χ1) is 17.4. The van der Waals surface area contributed by atoms with E-state index in [4.69, 9.17) is 0 Å². The van der Waals surface area contributed by atoms with E-state index >= 15 is 0 Å². The van der Waals surface area contributed by atoms with Crippen LogP contribution in [0.5, 0.6) is 5.75 Å². The van der Waals surface area contributed by atoms with Crippen molar-refractivity contribution >= 4 is 17.3 Å². The molecule has 4 N–H and O–H groups in total. The van der Waals surface area contributed by atoms with Gasteiger partial charge in [0.15, 0.2) is 17.2 Å². The lowest BCUT2D eigenvalue weighted by atomic mass is 9.55. The summed E-state index contributed by atoms with van der Waals surface area (Å²) in [5.74, 6) is -7.51. The number of aliphatic hydroxyl groups is 3. The van der Waals surface area contributed by atoms with Gasteiger partial charge >= 0.3 is 0 Å². The number of rotatable bonds is 3. The van der Waals surface area contributed by atoms with Gasteiger partial charge < -0.3 is 20.4 Å². The zero-order valence-corrected chi connectivity index (χ0v) is 20.4. The van der Waals surface area contributed by atoms with Gasteiger partial charge in [-0.1, -0.05) is 24.3 Å². The van der Waals surface area contributed by atoms with E-state index in [0.29, 0.717) is 11.1 Å². The number of phenolic OH excluding ortho intramolecular Hbond substituents is 1. The predicted molar refractivity (Wildman–Crippen MR) is 130 cm³/mol. The van der Waals surface area contributed by atoms with Crippen molar-refractivity contribution in [1.82, 2.24) is 4.90 Å². The predicted octanol–water partition coefficient (Wildman–Crippen LogP) is 2.95. The van der Waals surface area contributed by atoms with Gasteiger partial charge in [0.1, 0.15) is 28.7 Å². The number of carbonyl (C=O) groups excluding carboxylic acids is 3. The summed E-state index contributed by atoms with van der Waals surface area (Å²) >= 11 is 0. The standard InChI is InChI=1S/C28H26FNO7/c1-12(31)19-25(34)23(30(2)3)17-11-16-20(13-7-9-14(29)10-8-13)15-5-4-6-18(32)21(15)24(33)22(16)27(36)28(17,37)26(19)35/h4-10,16-17,20,23,32,34,36-37H,11H2,1-3H3/t16-,17+,20+,23+,28-/m1/s1. The number of aliphatic hydroxyl groups excluding tert-OH is 2. The number of hydrogen-bond donors (Lipinski definition) is 4. The smallest absolute Gasteiger partial charge is 0.209 e. The number of fused-ring (bicyclic) bond motifs is 3. The molecule has 2 aromatic rings. The van der Waals surface area contributed by atoms with Crippen molar-refractivity contribution in [2.75, 3.05) is 14.1 Å². The van der Waals surface area contributed by atoms with E-state index < -0.39 is 69.7 Å². The SMILES string of the molecule is CC(=O)C1=C(O)[C@@H](N(C)C)[C@@H]2C[C@H]3C(=C(O)[C@]2(O)C1=O)C(=O)c1c(O)cccc1[C@@H]3c1ccc(F)cc1. The Morgan fingerprint density at radius 3 is 2.30 bits per heavy atom. The molecule has 0 aromatic heterocycles. The highest BCUT2D eigenvalue weighted by atomic mass is 19.1. The van der Waals surface area contributed by atoms with E-state index in [-0.39, 0.29) is 23.3 Å². The minimum atomic E-state index is -2.65. The van der Waals surface area contributed by atoms with Crippen molar-refractivity contribution in [3.8, 4) is 5.75 Å². The third kappa shape index (κ3) is 3.30. The Hall–Kier alpha value is -3.82. The number of ketones is 3. The van der Waals surface area contributed by atoms with Gasteiger partial charge in [-0.3, -0.25) is 19.3 Å². The first-order valence-electron chi connectivity index (χ1n) is 11.8. The van der Waals surface area contributed by atoms with Crippen LogP contribution in [-0.4, -0.2) is 68.4 Å². The number of halogens is 1. The fourth-order valence-electron chi connectivity index (χ4n) is 6.42. The molecule has 0 bridgehead atoms. The van der Waals surface area contributed by atoms with Crippen molar-refractivity contribution < 1.29 is 39.2 Å². The highest BCUT2D eigenvalue weighted by molar-refractivity contribution is 6.25. The monoisotopic (exact) mass is 507 g/mol. The lowest BCUT2D eigenvalue weighted by Gasteiger charge is -2.51. The zero-order valence-electron chi connectivity index (χ0n) is 20.4. The fraction of sp³-hybridized carbons (Fsp3) is 0.321. The summed E-state index contributed by atoms with van der Waals surface area (Å²) in [5, 5.41) is 44.9. The van der Waals surface area contributed by atoms with Gasteiger partial charge in [0.25, 0.3) is 0 Å². The van der Waals surface area contributed by atoms with Crippen LogP contribution in [0.3, 0.4) is 0 Å². The molecule has 0 saturated carbocycles. The van der Waals surface area contributed by atoms with Crippen LogP contribution in [-0.2, 0) is 9.59 Å². The summed E-state index contributed by atoms with van der Waals surface area (Å²) in [5.41, 5.74) is -2.58. The van der Waals surface area contributed by atoms with Crippen LogP contribution in [0.2, 0.25) is 0 Å². The molecule has 0 aliphatic heterocycles. The molecule has 0 radical (unpaired) electrons. The van der Waals surface area contributed by atoms with Gasteiger partial charge in [-0.05, 0) is 56.8 Å². The Labute approximate surface area is 212 Å². The Morgan fingerprint density at radius 1 is 1.05 bits per heavy atom. The molecule has 3 aliphatic carbocycles. The van der Waals surface area contributed by atoms with Crippen molar-refractivity contribution in [1.29, 1.82) is 0 Å². The number of aromatic hydroxyl groups is 1. The van der Waals surface area contributed by atoms with Crippen LogP contribution >= 0.6 is 0 Å². The molecule has 0 unspecified atom stereocenters. The van der Waals surface area contributed by atoms with Crippen LogP contribution in [0.1, 0.15) is 40.7 Å². The van der Waals surface area contributed by atoms with Crippen LogP contribution in [0, 0.1) is 17.7 Å². The number of phenols is 1. The second-order valence-corrected chi connectivity index (χ2v) is 10.1. The topological polar surface area (TPSA) is 135 Å². The van der Waals surface area contributed by atoms with E-state index in [1.807, 2.05) is 0 Å². The molecule has 0 amide bonds.